The second-order valence-electron chi connectivity index (χ2n) is 2.03. The Hall–Kier alpha value is -0.930. The number of nitrogens with zero attached hydrogens (tertiary/aromatic N) is 1. The molecule has 4 heteroatoms. The van der Waals surface area contributed by atoms with E-state index >= 15 is 0 Å². The SMILES string of the molecule is CC(=O)C(C)C[N+](=O)[O-]. The van der Waals surface area contributed by atoms with E-state index in [9.17, 15) is 14.9 Å². The summed E-state index contributed by atoms with van der Waals surface area (Å²) in [5, 5.41) is 9.77. The zero-order chi connectivity index (χ0) is 7.44. The van der Waals surface area contributed by atoms with Crippen LogP contribution in [0.3, 0.4) is 0 Å². The largest absolute Gasteiger partial charge is 0.299 e. The van der Waals surface area contributed by atoms with Gasteiger partial charge in [-0.3, -0.25) is 14.9 Å². The van der Waals surface area contributed by atoms with Crippen molar-refractivity contribution in [3.05, 3.63) is 10.1 Å². The highest BCUT2D eigenvalue weighted by Gasteiger charge is 2.12. The molecule has 0 heterocycles. The molecule has 9 heavy (non-hydrogen) atoms. The maximum atomic E-state index is 10.4. The lowest BCUT2D eigenvalue weighted by atomic mass is 10.1. The molecule has 0 amide bonds. The van der Waals surface area contributed by atoms with Crippen molar-refractivity contribution in [1.82, 2.24) is 0 Å². The molecule has 0 aromatic carbocycles. The van der Waals surface area contributed by atoms with Crippen LogP contribution >= 0.6 is 0 Å². The minimum absolute atomic E-state index is 0.133. The third kappa shape index (κ3) is 3.64. The molecule has 0 aliphatic heterocycles. The molecule has 0 bridgehead atoms. The summed E-state index contributed by atoms with van der Waals surface area (Å²) in [7, 11) is 0. The monoisotopic (exact) mass is 131 g/mol. The molecule has 4 nitrogen and oxygen atoms in total. The summed E-state index contributed by atoms with van der Waals surface area (Å²) < 4.78 is 0. The topological polar surface area (TPSA) is 60.2 Å². The molecular formula is C5H9NO3. The van der Waals surface area contributed by atoms with E-state index in [4.69, 9.17) is 0 Å². The number of carbonyl (C=O) groups excluding carboxylic acids is 1. The van der Waals surface area contributed by atoms with Gasteiger partial charge in [0.15, 0.2) is 0 Å². The number of nitro groups is 1. The van der Waals surface area contributed by atoms with E-state index < -0.39 is 10.8 Å². The Morgan fingerprint density at radius 1 is 1.78 bits per heavy atom. The predicted molar refractivity (Wildman–Crippen MR) is 31.7 cm³/mol. The van der Waals surface area contributed by atoms with E-state index in [1.807, 2.05) is 0 Å². The minimum Gasteiger partial charge on any atom is -0.299 e. The number of hydrogen-bond donors (Lipinski definition) is 0. The third-order valence-corrected chi connectivity index (χ3v) is 1.12. The number of Topliss-reactive ketones (excluding diaryl/α,β-unsaturated/α-hetero) is 1. The summed E-state index contributed by atoms with van der Waals surface area (Å²) in [6.45, 7) is 2.65. The van der Waals surface area contributed by atoms with Crippen LogP contribution in [0.15, 0.2) is 0 Å². The third-order valence-electron chi connectivity index (χ3n) is 1.12. The van der Waals surface area contributed by atoms with Crippen molar-refractivity contribution in [2.24, 2.45) is 5.92 Å². The van der Waals surface area contributed by atoms with Crippen LogP contribution in [-0.4, -0.2) is 17.3 Å². The summed E-state index contributed by atoms with van der Waals surface area (Å²) in [6, 6.07) is 0. The van der Waals surface area contributed by atoms with E-state index in [2.05, 4.69) is 0 Å². The van der Waals surface area contributed by atoms with Crippen molar-refractivity contribution in [2.75, 3.05) is 6.54 Å². The lowest BCUT2D eigenvalue weighted by molar-refractivity contribution is -0.484. The van der Waals surface area contributed by atoms with Gasteiger partial charge in [0.25, 0.3) is 0 Å². The molecule has 0 saturated carbocycles. The summed E-state index contributed by atoms with van der Waals surface area (Å²) >= 11 is 0. The number of carbonyl (C=O) groups is 1. The normalized spacial score (nSPS) is 12.7. The highest BCUT2D eigenvalue weighted by molar-refractivity contribution is 5.77. The highest BCUT2D eigenvalue weighted by atomic mass is 16.6. The van der Waals surface area contributed by atoms with Gasteiger partial charge in [-0.2, -0.15) is 0 Å². The van der Waals surface area contributed by atoms with Gasteiger partial charge in [-0.05, 0) is 13.8 Å². The van der Waals surface area contributed by atoms with Gasteiger partial charge in [-0.15, -0.1) is 0 Å². The first-order chi connectivity index (χ1) is 4.04. The lowest BCUT2D eigenvalue weighted by Crippen LogP contribution is -2.17. The first-order valence-corrected chi connectivity index (χ1v) is 2.66. The zero-order valence-electron chi connectivity index (χ0n) is 5.46. The average molecular weight is 131 g/mol. The first kappa shape index (κ1) is 8.07. The fourth-order valence-corrected chi connectivity index (χ4v) is 0.352. The minimum atomic E-state index is -0.480. The van der Waals surface area contributed by atoms with E-state index in [1.54, 1.807) is 6.92 Å². The Morgan fingerprint density at radius 3 is 2.33 bits per heavy atom. The molecule has 0 rings (SSSR count). The predicted octanol–water partition coefficient (Wildman–Crippen LogP) is 0.488. The number of hydrogen-bond acceptors (Lipinski definition) is 3. The van der Waals surface area contributed by atoms with Crippen LogP contribution in [0.2, 0.25) is 0 Å². The summed E-state index contributed by atoms with van der Waals surface area (Å²) in [5.74, 6) is -0.577. The highest BCUT2D eigenvalue weighted by Crippen LogP contribution is 1.94. The molecule has 0 radical (unpaired) electrons. The average Bonchev–Trinajstić information content (AvgIpc) is 1.63. The molecule has 0 spiro atoms. The molecule has 1 unspecified atom stereocenters. The van der Waals surface area contributed by atoms with Crippen LogP contribution < -0.4 is 0 Å². The smallest absolute Gasteiger partial charge is 0.213 e. The molecule has 0 aliphatic carbocycles. The summed E-state index contributed by atoms with van der Waals surface area (Å²) in [6.07, 6.45) is 0. The van der Waals surface area contributed by atoms with Gasteiger partial charge in [0.2, 0.25) is 6.54 Å². The van der Waals surface area contributed by atoms with Gasteiger partial charge in [0.05, 0.1) is 5.92 Å². The van der Waals surface area contributed by atoms with Gasteiger partial charge in [0, 0.05) is 4.92 Å². The Balaban J connectivity index is 3.63. The van der Waals surface area contributed by atoms with Crippen LogP contribution in [0.4, 0.5) is 0 Å². The van der Waals surface area contributed by atoms with Gasteiger partial charge >= 0.3 is 0 Å². The molecule has 0 aromatic heterocycles. The summed E-state index contributed by atoms with van der Waals surface area (Å²) in [5.41, 5.74) is 0. The van der Waals surface area contributed by atoms with E-state index in [-0.39, 0.29) is 12.3 Å². The van der Waals surface area contributed by atoms with Crippen molar-refractivity contribution >= 4 is 5.78 Å². The van der Waals surface area contributed by atoms with E-state index in [0.29, 0.717) is 0 Å². The Kier molecular flexibility index (Phi) is 2.84. The molecule has 0 aromatic rings. The van der Waals surface area contributed by atoms with Crippen molar-refractivity contribution in [3.63, 3.8) is 0 Å². The summed E-state index contributed by atoms with van der Waals surface area (Å²) in [4.78, 5) is 19.7. The van der Waals surface area contributed by atoms with E-state index in [0.717, 1.165) is 0 Å². The quantitative estimate of drug-likeness (QED) is 0.413. The van der Waals surface area contributed by atoms with Crippen LogP contribution in [-0.2, 0) is 4.79 Å². The molecule has 0 saturated heterocycles. The first-order valence-electron chi connectivity index (χ1n) is 2.66. The molecule has 0 N–H and O–H groups in total. The molecule has 0 fully saturated rings. The van der Waals surface area contributed by atoms with Gasteiger partial charge in [-0.1, -0.05) is 0 Å². The Bertz CT molecular complexity index is 132. The van der Waals surface area contributed by atoms with Crippen LogP contribution in [0.25, 0.3) is 0 Å². The number of rotatable bonds is 3. The van der Waals surface area contributed by atoms with Crippen molar-refractivity contribution in [3.8, 4) is 0 Å². The van der Waals surface area contributed by atoms with Crippen molar-refractivity contribution < 1.29 is 9.72 Å². The molecular weight excluding hydrogens is 122 g/mol. The zero-order valence-corrected chi connectivity index (χ0v) is 5.46. The van der Waals surface area contributed by atoms with Gasteiger partial charge < -0.3 is 0 Å². The Morgan fingerprint density at radius 2 is 2.22 bits per heavy atom. The molecule has 1 atom stereocenters. The maximum absolute atomic E-state index is 10.4. The fraction of sp³-hybridized carbons (Fsp3) is 0.800. The van der Waals surface area contributed by atoms with Crippen LogP contribution in [0.1, 0.15) is 13.8 Å². The van der Waals surface area contributed by atoms with E-state index in [1.165, 1.54) is 6.92 Å². The van der Waals surface area contributed by atoms with Crippen LogP contribution in [0, 0.1) is 16.0 Å². The van der Waals surface area contributed by atoms with Crippen molar-refractivity contribution in [2.45, 2.75) is 13.8 Å². The fourth-order valence-electron chi connectivity index (χ4n) is 0.352. The second-order valence-corrected chi connectivity index (χ2v) is 2.03. The number of ketones is 1. The van der Waals surface area contributed by atoms with Gasteiger partial charge in [-0.25, -0.2) is 0 Å². The van der Waals surface area contributed by atoms with Gasteiger partial charge in [0.1, 0.15) is 5.78 Å². The lowest BCUT2D eigenvalue weighted by Gasteiger charge is -1.97. The van der Waals surface area contributed by atoms with Crippen LogP contribution in [0.5, 0.6) is 0 Å². The second kappa shape index (κ2) is 3.17. The van der Waals surface area contributed by atoms with Crippen molar-refractivity contribution in [1.29, 1.82) is 0 Å². The molecule has 0 aliphatic rings. The molecule has 52 valence electrons. The standard InChI is InChI=1S/C5H9NO3/c1-4(5(2)7)3-6(8)9/h4H,3H2,1-2H3. The maximum Gasteiger partial charge on any atom is 0.213 e. The Labute approximate surface area is 53.0 Å².